The number of anilines is 3. The maximum Gasteiger partial charge on any atom is 0.264 e. The highest BCUT2D eigenvalue weighted by atomic mass is 32.2. The molecule has 0 bridgehead atoms. The highest BCUT2D eigenvalue weighted by molar-refractivity contribution is 7.92. The van der Waals surface area contributed by atoms with Gasteiger partial charge < -0.3 is 15.5 Å². The van der Waals surface area contributed by atoms with Gasteiger partial charge in [-0.25, -0.2) is 8.42 Å². The van der Waals surface area contributed by atoms with Gasteiger partial charge in [0.2, 0.25) is 5.91 Å². The van der Waals surface area contributed by atoms with Crippen molar-refractivity contribution in [2.24, 2.45) is 0 Å². The standard InChI is InChI=1S/C32H30N4O4S/c1-22-13-19-26(20-14-22)41(39,40)36(21-29(37)35(2)3)25-17-15-24(16-18-25)33-31(23-9-5-4-6-10-23)30-27-11-7-8-12-28(27)34-32(30)38/h4-20,33H,21H2,1-3H3,(H,34,38)/b31-30-. The minimum absolute atomic E-state index is 0.0962. The summed E-state index contributed by atoms with van der Waals surface area (Å²) in [5, 5.41) is 6.31. The fourth-order valence-electron chi connectivity index (χ4n) is 4.52. The molecule has 1 aliphatic rings. The number of carbonyl (C=O) groups excluding carboxylic acids is 2. The Morgan fingerprint density at radius 3 is 2.12 bits per heavy atom. The molecule has 0 atom stereocenters. The third kappa shape index (κ3) is 5.71. The van der Waals surface area contributed by atoms with Crippen LogP contribution in [0.4, 0.5) is 17.1 Å². The molecule has 4 aromatic rings. The maximum absolute atomic E-state index is 13.7. The Morgan fingerprint density at radius 1 is 0.829 bits per heavy atom. The SMILES string of the molecule is Cc1ccc(S(=O)(=O)N(CC(=O)N(C)C)c2ccc(N/C(=C3\C(=O)Nc4ccccc43)c3ccccc3)cc2)cc1. The first-order chi connectivity index (χ1) is 19.6. The molecular weight excluding hydrogens is 536 g/mol. The summed E-state index contributed by atoms with van der Waals surface area (Å²) in [5.74, 6) is -0.573. The molecule has 0 spiro atoms. The number of aryl methyl sites for hydroxylation is 1. The van der Waals surface area contributed by atoms with E-state index in [1.807, 2.05) is 61.5 Å². The van der Waals surface area contributed by atoms with Crippen LogP contribution in [0.15, 0.2) is 108 Å². The van der Waals surface area contributed by atoms with Gasteiger partial charge >= 0.3 is 0 Å². The van der Waals surface area contributed by atoms with Gasteiger partial charge in [-0.3, -0.25) is 13.9 Å². The Hall–Kier alpha value is -4.89. The van der Waals surface area contributed by atoms with E-state index in [4.69, 9.17) is 0 Å². The van der Waals surface area contributed by atoms with Crippen molar-refractivity contribution in [2.75, 3.05) is 35.6 Å². The van der Waals surface area contributed by atoms with Crippen molar-refractivity contribution in [1.82, 2.24) is 4.90 Å². The van der Waals surface area contributed by atoms with Crippen LogP contribution >= 0.6 is 0 Å². The lowest BCUT2D eigenvalue weighted by molar-refractivity contribution is -0.127. The van der Waals surface area contributed by atoms with Crippen LogP contribution in [0.5, 0.6) is 0 Å². The predicted molar refractivity (Wildman–Crippen MR) is 163 cm³/mol. The minimum atomic E-state index is -4.03. The molecule has 41 heavy (non-hydrogen) atoms. The minimum Gasteiger partial charge on any atom is -0.354 e. The summed E-state index contributed by atoms with van der Waals surface area (Å²) in [5.41, 5.74) is 5.38. The van der Waals surface area contributed by atoms with E-state index in [1.54, 1.807) is 50.5 Å². The number of rotatable bonds is 8. The Bertz CT molecular complexity index is 1730. The largest absolute Gasteiger partial charge is 0.354 e. The summed E-state index contributed by atoms with van der Waals surface area (Å²) < 4.78 is 28.4. The second kappa shape index (κ2) is 11.3. The lowest BCUT2D eigenvalue weighted by atomic mass is 10.00. The Labute approximate surface area is 240 Å². The van der Waals surface area contributed by atoms with Crippen molar-refractivity contribution < 1.29 is 18.0 Å². The molecule has 9 heteroatoms. The number of carbonyl (C=O) groups is 2. The van der Waals surface area contributed by atoms with Crippen molar-refractivity contribution >= 4 is 50.2 Å². The van der Waals surface area contributed by atoms with E-state index in [-0.39, 0.29) is 23.3 Å². The van der Waals surface area contributed by atoms with Gasteiger partial charge in [0.25, 0.3) is 15.9 Å². The number of likely N-dealkylation sites (N-methyl/N-ethyl adjacent to an activating group) is 1. The summed E-state index contributed by atoms with van der Waals surface area (Å²) in [6, 6.07) is 30.3. The van der Waals surface area contributed by atoms with Crippen LogP contribution in [0.25, 0.3) is 11.3 Å². The van der Waals surface area contributed by atoms with Gasteiger partial charge in [-0.15, -0.1) is 0 Å². The molecule has 0 unspecified atom stereocenters. The lowest BCUT2D eigenvalue weighted by Gasteiger charge is -2.26. The molecule has 1 heterocycles. The Morgan fingerprint density at radius 2 is 1.46 bits per heavy atom. The van der Waals surface area contributed by atoms with Gasteiger partial charge in [-0.1, -0.05) is 66.2 Å². The zero-order chi connectivity index (χ0) is 29.1. The van der Waals surface area contributed by atoms with Gasteiger partial charge in [0.15, 0.2) is 0 Å². The van der Waals surface area contributed by atoms with Crippen LogP contribution in [-0.4, -0.2) is 45.8 Å². The van der Waals surface area contributed by atoms with Crippen molar-refractivity contribution in [3.8, 4) is 0 Å². The van der Waals surface area contributed by atoms with Crippen molar-refractivity contribution in [2.45, 2.75) is 11.8 Å². The van der Waals surface area contributed by atoms with Crippen LogP contribution < -0.4 is 14.9 Å². The zero-order valence-electron chi connectivity index (χ0n) is 23.0. The van der Waals surface area contributed by atoms with E-state index >= 15 is 0 Å². The zero-order valence-corrected chi connectivity index (χ0v) is 23.8. The molecule has 208 valence electrons. The quantitative estimate of drug-likeness (QED) is 0.285. The van der Waals surface area contributed by atoms with Gasteiger partial charge in [0, 0.05) is 31.0 Å². The van der Waals surface area contributed by atoms with E-state index in [2.05, 4.69) is 10.6 Å². The van der Waals surface area contributed by atoms with E-state index < -0.39 is 10.0 Å². The summed E-state index contributed by atoms with van der Waals surface area (Å²) in [6.07, 6.45) is 0. The first kappa shape index (κ1) is 27.7. The Balaban J connectivity index is 1.53. The van der Waals surface area contributed by atoms with Gasteiger partial charge in [0.05, 0.1) is 21.9 Å². The highest BCUT2D eigenvalue weighted by Crippen LogP contribution is 2.37. The second-order valence-corrected chi connectivity index (χ2v) is 11.8. The highest BCUT2D eigenvalue weighted by Gasteiger charge is 2.29. The number of nitrogens with zero attached hydrogens (tertiary/aromatic N) is 2. The van der Waals surface area contributed by atoms with E-state index in [1.165, 1.54) is 17.0 Å². The number of benzene rings is 4. The predicted octanol–water partition coefficient (Wildman–Crippen LogP) is 5.21. The number of nitrogens with one attached hydrogen (secondary N) is 2. The van der Waals surface area contributed by atoms with E-state index in [0.29, 0.717) is 22.6 Å². The van der Waals surface area contributed by atoms with Gasteiger partial charge in [-0.2, -0.15) is 0 Å². The number of hydrogen-bond donors (Lipinski definition) is 2. The number of sulfonamides is 1. The molecule has 0 aliphatic carbocycles. The fourth-order valence-corrected chi connectivity index (χ4v) is 5.94. The molecule has 0 radical (unpaired) electrons. The van der Waals surface area contributed by atoms with Gasteiger partial charge in [0.1, 0.15) is 6.54 Å². The molecule has 1 aliphatic heterocycles. The molecule has 4 aromatic carbocycles. The third-order valence-electron chi connectivity index (χ3n) is 6.80. The van der Waals surface area contributed by atoms with Crippen molar-refractivity contribution in [3.63, 3.8) is 0 Å². The summed E-state index contributed by atoms with van der Waals surface area (Å²) in [4.78, 5) is 27.2. The molecular formula is C32H30N4O4S. The van der Waals surface area contributed by atoms with E-state index in [9.17, 15) is 18.0 Å². The molecule has 5 rings (SSSR count). The fraction of sp³-hybridized carbons (Fsp3) is 0.125. The molecule has 0 saturated heterocycles. The third-order valence-corrected chi connectivity index (χ3v) is 8.58. The normalized spacial score (nSPS) is 13.7. The van der Waals surface area contributed by atoms with Crippen molar-refractivity contribution in [1.29, 1.82) is 0 Å². The van der Waals surface area contributed by atoms with Crippen LogP contribution in [-0.2, 0) is 19.6 Å². The Kier molecular flexibility index (Phi) is 7.63. The molecule has 2 amide bonds. The summed E-state index contributed by atoms with van der Waals surface area (Å²) in [7, 11) is -0.858. The summed E-state index contributed by atoms with van der Waals surface area (Å²) in [6.45, 7) is 1.52. The maximum atomic E-state index is 13.7. The number of hydrogen-bond acceptors (Lipinski definition) is 5. The number of amides is 2. The summed E-state index contributed by atoms with van der Waals surface area (Å²) >= 11 is 0. The first-order valence-electron chi connectivity index (χ1n) is 13.0. The topological polar surface area (TPSA) is 98.8 Å². The van der Waals surface area contributed by atoms with Crippen LogP contribution in [0.3, 0.4) is 0 Å². The van der Waals surface area contributed by atoms with Crippen LogP contribution in [0.2, 0.25) is 0 Å². The van der Waals surface area contributed by atoms with Crippen molar-refractivity contribution in [3.05, 3.63) is 120 Å². The average Bonchev–Trinajstić information content (AvgIpc) is 3.31. The molecule has 8 nitrogen and oxygen atoms in total. The monoisotopic (exact) mass is 566 g/mol. The van der Waals surface area contributed by atoms with E-state index in [0.717, 1.165) is 26.7 Å². The molecule has 0 fully saturated rings. The lowest BCUT2D eigenvalue weighted by Crippen LogP contribution is -2.40. The molecule has 0 saturated carbocycles. The average molecular weight is 567 g/mol. The first-order valence-corrected chi connectivity index (χ1v) is 14.5. The number of para-hydroxylation sites is 1. The van der Waals surface area contributed by atoms with Gasteiger partial charge in [-0.05, 0) is 55.0 Å². The van der Waals surface area contributed by atoms with Crippen LogP contribution in [0.1, 0.15) is 16.7 Å². The second-order valence-electron chi connectivity index (χ2n) is 9.90. The molecule has 2 N–H and O–H groups in total. The number of fused-ring (bicyclic) bond motifs is 1. The van der Waals surface area contributed by atoms with Crippen LogP contribution in [0, 0.1) is 6.92 Å². The molecule has 0 aromatic heterocycles. The smallest absolute Gasteiger partial charge is 0.264 e.